The van der Waals surface area contributed by atoms with E-state index in [1.165, 1.54) is 29.2 Å². The fourth-order valence-electron chi connectivity index (χ4n) is 2.13. The summed E-state index contributed by atoms with van der Waals surface area (Å²) in [5, 5.41) is 14.4. The Balaban J connectivity index is 1.49. The van der Waals surface area contributed by atoms with Crippen LogP contribution in [0.15, 0.2) is 52.9 Å². The maximum atomic E-state index is 12.3. The summed E-state index contributed by atoms with van der Waals surface area (Å²) in [5.41, 5.74) is 1.28. The van der Waals surface area contributed by atoms with E-state index in [-0.39, 0.29) is 22.2 Å². The lowest BCUT2D eigenvalue weighted by Gasteiger charge is -2.04. The standard InChI is InChI=1S/C18H14Cl2N4O2S2/c19-12-6-7-14(20)13(8-12)16(26)22-17-23-24-18(28-17)27-10-15(25)21-9-11-4-2-1-3-5-11/h1-8H,9-10H2,(H,21,25)(H,22,23,26). The summed E-state index contributed by atoms with van der Waals surface area (Å²) in [6.45, 7) is 0.470. The number of benzene rings is 2. The van der Waals surface area contributed by atoms with Gasteiger partial charge in [0.15, 0.2) is 4.34 Å². The number of aromatic nitrogens is 2. The molecule has 0 aliphatic rings. The number of thioether (sulfide) groups is 1. The highest BCUT2D eigenvalue weighted by Crippen LogP contribution is 2.27. The van der Waals surface area contributed by atoms with Crippen LogP contribution in [0, 0.1) is 0 Å². The van der Waals surface area contributed by atoms with E-state index in [4.69, 9.17) is 23.2 Å². The second-order valence-electron chi connectivity index (χ2n) is 5.50. The molecule has 0 aliphatic carbocycles. The Kier molecular flexibility index (Phi) is 7.27. The third-order valence-corrected chi connectivity index (χ3v) is 6.00. The first-order chi connectivity index (χ1) is 13.5. The lowest BCUT2D eigenvalue weighted by atomic mass is 10.2. The molecule has 0 spiro atoms. The molecule has 28 heavy (non-hydrogen) atoms. The summed E-state index contributed by atoms with van der Waals surface area (Å²) in [6, 6.07) is 14.3. The Morgan fingerprint density at radius 2 is 1.86 bits per heavy atom. The van der Waals surface area contributed by atoms with Gasteiger partial charge in [0.1, 0.15) is 0 Å². The largest absolute Gasteiger partial charge is 0.351 e. The Bertz CT molecular complexity index is 983. The van der Waals surface area contributed by atoms with Crippen molar-refractivity contribution in [2.45, 2.75) is 10.9 Å². The Hall–Kier alpha value is -2.13. The number of nitrogens with zero attached hydrogens (tertiary/aromatic N) is 2. The molecule has 10 heteroatoms. The van der Waals surface area contributed by atoms with E-state index in [1.54, 1.807) is 12.1 Å². The van der Waals surface area contributed by atoms with Gasteiger partial charge < -0.3 is 5.32 Å². The zero-order chi connectivity index (χ0) is 19.9. The van der Waals surface area contributed by atoms with E-state index in [0.29, 0.717) is 21.0 Å². The van der Waals surface area contributed by atoms with Gasteiger partial charge in [0, 0.05) is 11.6 Å². The average Bonchev–Trinajstić information content (AvgIpc) is 3.14. The van der Waals surface area contributed by atoms with Gasteiger partial charge in [-0.15, -0.1) is 10.2 Å². The fourth-order valence-corrected chi connectivity index (χ4v) is 4.08. The molecule has 0 aliphatic heterocycles. The molecule has 3 rings (SSSR count). The van der Waals surface area contributed by atoms with Crippen LogP contribution in [-0.2, 0) is 11.3 Å². The molecule has 144 valence electrons. The van der Waals surface area contributed by atoms with Crippen molar-refractivity contribution in [1.29, 1.82) is 0 Å². The highest BCUT2D eigenvalue weighted by molar-refractivity contribution is 8.01. The van der Waals surface area contributed by atoms with Crippen LogP contribution in [0.2, 0.25) is 10.0 Å². The topological polar surface area (TPSA) is 84.0 Å². The van der Waals surface area contributed by atoms with Crippen molar-refractivity contribution in [2.24, 2.45) is 0 Å². The molecule has 3 aromatic rings. The van der Waals surface area contributed by atoms with E-state index in [0.717, 1.165) is 5.56 Å². The van der Waals surface area contributed by atoms with Crippen molar-refractivity contribution in [1.82, 2.24) is 15.5 Å². The number of hydrogen-bond donors (Lipinski definition) is 2. The number of halogens is 2. The van der Waals surface area contributed by atoms with Crippen LogP contribution in [0.5, 0.6) is 0 Å². The molecule has 2 amide bonds. The van der Waals surface area contributed by atoms with Gasteiger partial charge in [-0.3, -0.25) is 14.9 Å². The minimum Gasteiger partial charge on any atom is -0.351 e. The quantitative estimate of drug-likeness (QED) is 0.407. The first-order valence-electron chi connectivity index (χ1n) is 8.04. The Labute approximate surface area is 179 Å². The first-order valence-corrected chi connectivity index (χ1v) is 10.6. The fraction of sp³-hybridized carbons (Fsp3) is 0.111. The van der Waals surface area contributed by atoms with Crippen LogP contribution in [0.3, 0.4) is 0 Å². The number of rotatable bonds is 7. The van der Waals surface area contributed by atoms with E-state index >= 15 is 0 Å². The van der Waals surface area contributed by atoms with Crippen molar-refractivity contribution in [3.05, 3.63) is 69.7 Å². The van der Waals surface area contributed by atoms with Crippen LogP contribution in [0.4, 0.5) is 5.13 Å². The molecule has 2 aromatic carbocycles. The normalized spacial score (nSPS) is 10.5. The maximum Gasteiger partial charge on any atom is 0.259 e. The van der Waals surface area contributed by atoms with Gasteiger partial charge in [-0.25, -0.2) is 0 Å². The second kappa shape index (κ2) is 9.88. The molecule has 2 N–H and O–H groups in total. The summed E-state index contributed by atoms with van der Waals surface area (Å²) in [4.78, 5) is 24.3. The number of anilines is 1. The molecule has 0 saturated carbocycles. The zero-order valence-corrected chi connectivity index (χ0v) is 17.5. The predicted molar refractivity (Wildman–Crippen MR) is 113 cm³/mol. The highest BCUT2D eigenvalue weighted by Gasteiger charge is 2.14. The molecule has 6 nitrogen and oxygen atoms in total. The molecule has 0 radical (unpaired) electrons. The van der Waals surface area contributed by atoms with Crippen molar-refractivity contribution in [3.63, 3.8) is 0 Å². The molecule has 0 fully saturated rings. The SMILES string of the molecule is O=C(CSc1nnc(NC(=O)c2cc(Cl)ccc2Cl)s1)NCc1ccccc1. The zero-order valence-electron chi connectivity index (χ0n) is 14.3. The third-order valence-electron chi connectivity index (χ3n) is 3.46. The van der Waals surface area contributed by atoms with Crippen LogP contribution in [0.25, 0.3) is 0 Å². The Morgan fingerprint density at radius 3 is 2.64 bits per heavy atom. The summed E-state index contributed by atoms with van der Waals surface area (Å²) in [5.74, 6) is -0.337. The van der Waals surface area contributed by atoms with Crippen molar-refractivity contribution < 1.29 is 9.59 Å². The first kappa shape index (κ1) is 20.6. The monoisotopic (exact) mass is 452 g/mol. The number of nitrogens with one attached hydrogen (secondary N) is 2. The lowest BCUT2D eigenvalue weighted by molar-refractivity contribution is -0.118. The number of hydrogen-bond acceptors (Lipinski definition) is 6. The number of carbonyl (C=O) groups excluding carboxylic acids is 2. The molecule has 1 aromatic heterocycles. The van der Waals surface area contributed by atoms with Gasteiger partial charge in [-0.2, -0.15) is 0 Å². The summed E-state index contributed by atoms with van der Waals surface area (Å²) in [7, 11) is 0. The van der Waals surface area contributed by atoms with E-state index in [1.807, 2.05) is 30.3 Å². The summed E-state index contributed by atoms with van der Waals surface area (Å²) in [6.07, 6.45) is 0. The van der Waals surface area contributed by atoms with Crippen molar-refractivity contribution >= 4 is 63.2 Å². The molecule has 0 atom stereocenters. The minimum atomic E-state index is -0.430. The molecule has 0 unspecified atom stereocenters. The summed E-state index contributed by atoms with van der Waals surface area (Å²) >= 11 is 14.3. The van der Waals surface area contributed by atoms with Crippen LogP contribution in [-0.4, -0.2) is 27.8 Å². The van der Waals surface area contributed by atoms with Crippen LogP contribution in [0.1, 0.15) is 15.9 Å². The summed E-state index contributed by atoms with van der Waals surface area (Å²) < 4.78 is 0.572. The van der Waals surface area contributed by atoms with Gasteiger partial charge >= 0.3 is 0 Å². The van der Waals surface area contributed by atoms with Crippen LogP contribution < -0.4 is 10.6 Å². The van der Waals surface area contributed by atoms with Crippen molar-refractivity contribution in [3.8, 4) is 0 Å². The minimum absolute atomic E-state index is 0.111. The molecular weight excluding hydrogens is 439 g/mol. The molecule has 1 heterocycles. The number of carbonyl (C=O) groups is 2. The molecule has 0 bridgehead atoms. The van der Waals surface area contributed by atoms with Gasteiger partial charge in [-0.1, -0.05) is 76.6 Å². The molecule has 0 saturated heterocycles. The molecular formula is C18H14Cl2N4O2S2. The second-order valence-corrected chi connectivity index (χ2v) is 8.55. The van der Waals surface area contributed by atoms with Crippen molar-refractivity contribution in [2.75, 3.05) is 11.1 Å². The lowest BCUT2D eigenvalue weighted by Crippen LogP contribution is -2.24. The average molecular weight is 453 g/mol. The van der Waals surface area contributed by atoms with Gasteiger partial charge in [0.25, 0.3) is 5.91 Å². The van der Waals surface area contributed by atoms with Gasteiger partial charge in [0.2, 0.25) is 11.0 Å². The van der Waals surface area contributed by atoms with Gasteiger partial charge in [-0.05, 0) is 23.8 Å². The maximum absolute atomic E-state index is 12.3. The predicted octanol–water partition coefficient (Wildman–Crippen LogP) is 4.51. The van der Waals surface area contributed by atoms with E-state index < -0.39 is 5.91 Å². The highest BCUT2D eigenvalue weighted by atomic mass is 35.5. The van der Waals surface area contributed by atoms with Crippen LogP contribution >= 0.6 is 46.3 Å². The number of amides is 2. The van der Waals surface area contributed by atoms with E-state index in [9.17, 15) is 9.59 Å². The van der Waals surface area contributed by atoms with E-state index in [2.05, 4.69) is 20.8 Å². The third kappa shape index (κ3) is 5.93. The van der Waals surface area contributed by atoms with Gasteiger partial charge in [0.05, 0.1) is 16.3 Å². The smallest absolute Gasteiger partial charge is 0.259 e. The Morgan fingerprint density at radius 1 is 1.07 bits per heavy atom.